The number of nitrogens with one attached hydrogen (secondary N) is 2. The number of nitrogens with zero attached hydrogens (tertiary/aromatic N) is 1. The number of aryl methyl sites for hydroxylation is 1. The third-order valence-corrected chi connectivity index (χ3v) is 5.51. The van der Waals surface area contributed by atoms with Crippen LogP contribution in [0.1, 0.15) is 29.3 Å². The number of carbonyl (C=O) groups is 1. The van der Waals surface area contributed by atoms with Gasteiger partial charge in [0.2, 0.25) is 0 Å². The molecule has 1 amide bonds. The molecule has 0 spiro atoms. The minimum Gasteiger partial charge on any atom is -0.352 e. The summed E-state index contributed by atoms with van der Waals surface area (Å²) < 4.78 is 27.5. The van der Waals surface area contributed by atoms with Gasteiger partial charge in [0.05, 0.1) is 4.90 Å². The lowest BCUT2D eigenvalue weighted by atomic mass is 10.2. The zero-order valence-corrected chi connectivity index (χ0v) is 16.8. The highest BCUT2D eigenvalue weighted by molar-refractivity contribution is 7.92. The van der Waals surface area contributed by atoms with Crippen molar-refractivity contribution in [2.24, 2.45) is 0 Å². The highest BCUT2D eigenvalue weighted by atomic mass is 32.2. The van der Waals surface area contributed by atoms with Crippen LogP contribution in [-0.2, 0) is 16.4 Å². The van der Waals surface area contributed by atoms with Crippen LogP contribution in [0.3, 0.4) is 0 Å². The Hall–Kier alpha value is -2.38. The van der Waals surface area contributed by atoms with Crippen molar-refractivity contribution < 1.29 is 13.2 Å². The predicted molar refractivity (Wildman–Crippen MR) is 109 cm³/mol. The Labute approximate surface area is 161 Å². The molecule has 0 saturated heterocycles. The first kappa shape index (κ1) is 20.9. The topological polar surface area (TPSA) is 78.5 Å². The number of amides is 1. The van der Waals surface area contributed by atoms with Crippen LogP contribution in [0.5, 0.6) is 0 Å². The summed E-state index contributed by atoms with van der Waals surface area (Å²) in [5.41, 5.74) is 2.08. The van der Waals surface area contributed by atoms with Crippen LogP contribution in [0.4, 0.5) is 5.69 Å². The van der Waals surface area contributed by atoms with Crippen molar-refractivity contribution in [2.45, 2.75) is 24.7 Å². The highest BCUT2D eigenvalue weighted by Crippen LogP contribution is 2.17. The molecule has 0 unspecified atom stereocenters. The lowest BCUT2D eigenvalue weighted by Crippen LogP contribution is -2.27. The number of benzene rings is 2. The van der Waals surface area contributed by atoms with E-state index in [1.165, 1.54) is 24.3 Å². The standard InChI is InChI=1S/C20H27N3O3S/c1-4-16-6-10-18(11-7-16)22-27(25,26)19-12-8-17(9-13-19)20(24)21-14-5-15-23(2)3/h6-13,22H,4-5,14-15H2,1-3H3,(H,21,24). The Morgan fingerprint density at radius 1 is 1.00 bits per heavy atom. The summed E-state index contributed by atoms with van der Waals surface area (Å²) in [4.78, 5) is 14.3. The first-order valence-electron chi connectivity index (χ1n) is 8.96. The molecule has 0 heterocycles. The maximum absolute atomic E-state index is 12.5. The van der Waals surface area contributed by atoms with E-state index in [1.54, 1.807) is 12.1 Å². The number of anilines is 1. The Balaban J connectivity index is 1.98. The number of sulfonamides is 1. The van der Waals surface area contributed by atoms with Gasteiger partial charge in [-0.05, 0) is 75.4 Å². The van der Waals surface area contributed by atoms with Crippen LogP contribution >= 0.6 is 0 Å². The number of rotatable bonds is 9. The van der Waals surface area contributed by atoms with Crippen LogP contribution in [0, 0.1) is 0 Å². The maximum atomic E-state index is 12.5. The van der Waals surface area contributed by atoms with Crippen molar-refractivity contribution >= 4 is 21.6 Å². The van der Waals surface area contributed by atoms with Gasteiger partial charge in [0.15, 0.2) is 0 Å². The third kappa shape index (κ3) is 6.37. The number of hydrogen-bond donors (Lipinski definition) is 2. The Bertz CT molecular complexity index is 845. The lowest BCUT2D eigenvalue weighted by molar-refractivity contribution is 0.0952. The first-order valence-corrected chi connectivity index (χ1v) is 10.4. The fourth-order valence-corrected chi connectivity index (χ4v) is 3.57. The van der Waals surface area contributed by atoms with Crippen molar-refractivity contribution in [3.8, 4) is 0 Å². The van der Waals surface area contributed by atoms with E-state index in [0.29, 0.717) is 17.8 Å². The molecular formula is C20H27N3O3S. The largest absolute Gasteiger partial charge is 0.352 e. The van der Waals surface area contributed by atoms with Crippen LogP contribution < -0.4 is 10.0 Å². The molecule has 2 rings (SSSR count). The van der Waals surface area contributed by atoms with E-state index in [9.17, 15) is 13.2 Å². The number of hydrogen-bond acceptors (Lipinski definition) is 4. The smallest absolute Gasteiger partial charge is 0.261 e. The average molecular weight is 390 g/mol. The summed E-state index contributed by atoms with van der Waals surface area (Å²) in [6.45, 7) is 3.51. The SMILES string of the molecule is CCc1ccc(NS(=O)(=O)c2ccc(C(=O)NCCCN(C)C)cc2)cc1. The van der Waals surface area contributed by atoms with E-state index in [1.807, 2.05) is 33.2 Å². The molecule has 0 aromatic heterocycles. The van der Waals surface area contributed by atoms with Crippen LogP contribution in [-0.4, -0.2) is 46.4 Å². The normalized spacial score (nSPS) is 11.4. The zero-order valence-electron chi connectivity index (χ0n) is 16.0. The maximum Gasteiger partial charge on any atom is 0.261 e. The fourth-order valence-electron chi connectivity index (χ4n) is 2.51. The summed E-state index contributed by atoms with van der Waals surface area (Å²) in [7, 11) is 0.266. The van der Waals surface area contributed by atoms with Crippen LogP contribution in [0.25, 0.3) is 0 Å². The van der Waals surface area contributed by atoms with Gasteiger partial charge in [0.25, 0.3) is 15.9 Å². The van der Waals surface area contributed by atoms with E-state index < -0.39 is 10.0 Å². The predicted octanol–water partition coefficient (Wildman–Crippen LogP) is 2.73. The number of carbonyl (C=O) groups excluding carboxylic acids is 1. The monoisotopic (exact) mass is 389 g/mol. The van der Waals surface area contributed by atoms with Gasteiger partial charge in [-0.2, -0.15) is 0 Å². The molecule has 2 aromatic rings. The lowest BCUT2D eigenvalue weighted by Gasteiger charge is -2.11. The zero-order chi connectivity index (χ0) is 19.9. The molecule has 7 heteroatoms. The van der Waals surface area contributed by atoms with E-state index in [-0.39, 0.29) is 10.8 Å². The second kappa shape index (κ2) is 9.53. The van der Waals surface area contributed by atoms with Crippen molar-refractivity contribution in [2.75, 3.05) is 31.9 Å². The summed E-state index contributed by atoms with van der Waals surface area (Å²) in [5.74, 6) is -0.208. The molecule has 0 atom stereocenters. The molecular weight excluding hydrogens is 362 g/mol. The van der Waals surface area contributed by atoms with Crippen molar-refractivity contribution in [3.63, 3.8) is 0 Å². The highest BCUT2D eigenvalue weighted by Gasteiger charge is 2.15. The minimum absolute atomic E-state index is 0.117. The molecule has 0 bridgehead atoms. The summed E-state index contributed by atoms with van der Waals surface area (Å²) >= 11 is 0. The van der Waals surface area contributed by atoms with E-state index in [0.717, 1.165) is 24.9 Å². The third-order valence-electron chi connectivity index (χ3n) is 4.11. The first-order chi connectivity index (χ1) is 12.8. The van der Waals surface area contributed by atoms with Crippen molar-refractivity contribution in [3.05, 3.63) is 59.7 Å². The summed E-state index contributed by atoms with van der Waals surface area (Å²) in [6, 6.07) is 13.2. The second-order valence-electron chi connectivity index (χ2n) is 6.59. The summed E-state index contributed by atoms with van der Waals surface area (Å²) in [5, 5.41) is 2.83. The molecule has 0 radical (unpaired) electrons. The summed E-state index contributed by atoms with van der Waals surface area (Å²) in [6.07, 6.45) is 1.75. The molecule has 0 aliphatic carbocycles. The Kier molecular flexibility index (Phi) is 7.38. The quantitative estimate of drug-likeness (QED) is 0.647. The molecule has 2 aromatic carbocycles. The van der Waals surface area contributed by atoms with Crippen LogP contribution in [0.15, 0.2) is 53.4 Å². The molecule has 0 saturated carbocycles. The molecule has 6 nitrogen and oxygen atoms in total. The van der Waals surface area contributed by atoms with Gasteiger partial charge in [-0.1, -0.05) is 19.1 Å². The second-order valence-corrected chi connectivity index (χ2v) is 8.28. The molecule has 146 valence electrons. The van der Waals surface area contributed by atoms with Gasteiger partial charge in [-0.3, -0.25) is 9.52 Å². The van der Waals surface area contributed by atoms with Crippen molar-refractivity contribution in [1.82, 2.24) is 10.2 Å². The Morgan fingerprint density at radius 3 is 2.19 bits per heavy atom. The fraction of sp³-hybridized carbons (Fsp3) is 0.350. The van der Waals surface area contributed by atoms with Gasteiger partial charge < -0.3 is 10.2 Å². The minimum atomic E-state index is -3.69. The van der Waals surface area contributed by atoms with Crippen LogP contribution in [0.2, 0.25) is 0 Å². The van der Waals surface area contributed by atoms with Crippen molar-refractivity contribution in [1.29, 1.82) is 0 Å². The molecule has 0 fully saturated rings. The molecule has 0 aliphatic rings. The van der Waals surface area contributed by atoms with E-state index >= 15 is 0 Å². The van der Waals surface area contributed by atoms with Gasteiger partial charge >= 0.3 is 0 Å². The molecule has 0 aliphatic heterocycles. The van der Waals surface area contributed by atoms with Gasteiger partial charge in [0.1, 0.15) is 0 Å². The van der Waals surface area contributed by atoms with E-state index in [4.69, 9.17) is 0 Å². The average Bonchev–Trinajstić information content (AvgIpc) is 2.65. The molecule has 2 N–H and O–H groups in total. The Morgan fingerprint density at radius 2 is 1.63 bits per heavy atom. The van der Waals surface area contributed by atoms with Gasteiger partial charge in [-0.25, -0.2) is 8.42 Å². The van der Waals surface area contributed by atoms with Gasteiger partial charge in [-0.15, -0.1) is 0 Å². The van der Waals surface area contributed by atoms with Gasteiger partial charge in [0, 0.05) is 17.8 Å². The molecule has 27 heavy (non-hydrogen) atoms. The van der Waals surface area contributed by atoms with E-state index in [2.05, 4.69) is 14.9 Å².